The first kappa shape index (κ1) is 21.4. The molecule has 7 nitrogen and oxygen atoms in total. The molecule has 2 N–H and O–H groups in total. The van der Waals surface area contributed by atoms with Crippen LogP contribution in [0.4, 0.5) is 0 Å². The Bertz CT molecular complexity index is 1150. The number of carboxylic acids is 1. The van der Waals surface area contributed by atoms with Crippen molar-refractivity contribution in [1.82, 2.24) is 5.32 Å². The van der Waals surface area contributed by atoms with Crippen LogP contribution >= 0.6 is 11.6 Å². The standard InChI is InChI=1S/C22H20ClNO6/c1-12-7-17(21-13(2)9-20(26)30-18(21)8-12)29-11-19(25)24-16(22(27)28)10-14-3-5-15(23)6-4-14/h3-9,16H,10-11H2,1-2H3,(H,24,25)(H,27,28)/t16-/m0/s1. The molecule has 3 aromatic rings. The highest BCUT2D eigenvalue weighted by Crippen LogP contribution is 2.29. The van der Waals surface area contributed by atoms with Crippen LogP contribution in [0, 0.1) is 13.8 Å². The van der Waals surface area contributed by atoms with Crippen molar-refractivity contribution in [3.63, 3.8) is 0 Å². The molecule has 1 atom stereocenters. The summed E-state index contributed by atoms with van der Waals surface area (Å²) in [5, 5.41) is 13.0. The molecule has 0 bridgehead atoms. The second kappa shape index (κ2) is 9.00. The monoisotopic (exact) mass is 429 g/mol. The van der Waals surface area contributed by atoms with Gasteiger partial charge in [-0.05, 0) is 54.8 Å². The van der Waals surface area contributed by atoms with E-state index in [1.165, 1.54) is 6.07 Å². The van der Waals surface area contributed by atoms with E-state index in [9.17, 15) is 19.5 Å². The zero-order valence-corrected chi connectivity index (χ0v) is 17.2. The zero-order chi connectivity index (χ0) is 21.8. The summed E-state index contributed by atoms with van der Waals surface area (Å²) in [7, 11) is 0. The Kier molecular flexibility index (Phi) is 6.42. The molecule has 3 rings (SSSR count). The van der Waals surface area contributed by atoms with Crippen LogP contribution in [0.25, 0.3) is 11.0 Å². The fourth-order valence-corrected chi connectivity index (χ4v) is 3.25. The Hall–Kier alpha value is -3.32. The molecule has 0 aliphatic carbocycles. The summed E-state index contributed by atoms with van der Waals surface area (Å²) in [6.45, 7) is 3.16. The van der Waals surface area contributed by atoms with Crippen LogP contribution in [0.3, 0.4) is 0 Å². The van der Waals surface area contributed by atoms with E-state index in [1.807, 2.05) is 0 Å². The van der Waals surface area contributed by atoms with Crippen molar-refractivity contribution in [2.24, 2.45) is 0 Å². The van der Waals surface area contributed by atoms with E-state index in [0.29, 0.717) is 27.3 Å². The first-order chi connectivity index (χ1) is 14.2. The molecule has 1 amide bonds. The lowest BCUT2D eigenvalue weighted by Crippen LogP contribution is -2.44. The van der Waals surface area contributed by atoms with Crippen molar-refractivity contribution in [3.05, 3.63) is 74.6 Å². The molecule has 156 valence electrons. The number of fused-ring (bicyclic) bond motifs is 1. The third-order valence-electron chi connectivity index (χ3n) is 4.49. The molecular weight excluding hydrogens is 410 g/mol. The van der Waals surface area contributed by atoms with Crippen LogP contribution in [0.1, 0.15) is 16.7 Å². The highest BCUT2D eigenvalue weighted by molar-refractivity contribution is 6.30. The number of aliphatic carboxylic acids is 1. The average Bonchev–Trinajstić information content (AvgIpc) is 2.66. The topological polar surface area (TPSA) is 106 Å². The van der Waals surface area contributed by atoms with Gasteiger partial charge in [0.25, 0.3) is 5.91 Å². The van der Waals surface area contributed by atoms with Gasteiger partial charge in [0.15, 0.2) is 6.61 Å². The lowest BCUT2D eigenvalue weighted by Gasteiger charge is -2.16. The summed E-state index contributed by atoms with van der Waals surface area (Å²) in [6.07, 6.45) is 0.107. The van der Waals surface area contributed by atoms with E-state index in [-0.39, 0.29) is 13.0 Å². The first-order valence-corrected chi connectivity index (χ1v) is 9.55. The SMILES string of the molecule is Cc1cc(OCC(=O)N[C@@H](Cc2ccc(Cl)cc2)C(=O)O)c2c(C)cc(=O)oc2c1. The Morgan fingerprint density at radius 3 is 2.53 bits per heavy atom. The molecular formula is C22H20ClNO6. The van der Waals surface area contributed by atoms with Crippen molar-refractivity contribution in [1.29, 1.82) is 0 Å². The number of halogens is 1. The van der Waals surface area contributed by atoms with Crippen molar-refractivity contribution < 1.29 is 23.8 Å². The van der Waals surface area contributed by atoms with Gasteiger partial charge in [-0.2, -0.15) is 0 Å². The van der Waals surface area contributed by atoms with Crippen molar-refractivity contribution in [3.8, 4) is 5.75 Å². The molecule has 1 heterocycles. The van der Waals surface area contributed by atoms with Gasteiger partial charge in [0, 0.05) is 17.5 Å². The van der Waals surface area contributed by atoms with Gasteiger partial charge in [-0.3, -0.25) is 4.79 Å². The van der Waals surface area contributed by atoms with Crippen molar-refractivity contribution in [2.75, 3.05) is 6.61 Å². The summed E-state index contributed by atoms with van der Waals surface area (Å²) >= 11 is 5.84. The Morgan fingerprint density at radius 2 is 1.87 bits per heavy atom. The minimum atomic E-state index is -1.16. The van der Waals surface area contributed by atoms with Crippen LogP contribution in [-0.4, -0.2) is 29.6 Å². The third kappa shape index (κ3) is 5.18. The van der Waals surface area contributed by atoms with Gasteiger partial charge in [0.1, 0.15) is 17.4 Å². The number of aryl methyl sites for hydroxylation is 2. The molecule has 0 aliphatic rings. The average molecular weight is 430 g/mol. The van der Waals surface area contributed by atoms with Crippen LogP contribution in [-0.2, 0) is 16.0 Å². The van der Waals surface area contributed by atoms with Crippen molar-refractivity contribution >= 4 is 34.4 Å². The lowest BCUT2D eigenvalue weighted by molar-refractivity contribution is -0.142. The van der Waals surface area contributed by atoms with Gasteiger partial charge >= 0.3 is 11.6 Å². The fourth-order valence-electron chi connectivity index (χ4n) is 3.13. The number of rotatable bonds is 7. The van der Waals surface area contributed by atoms with Crippen molar-refractivity contribution in [2.45, 2.75) is 26.3 Å². The van der Waals surface area contributed by atoms with E-state index in [4.69, 9.17) is 20.8 Å². The maximum absolute atomic E-state index is 12.3. The molecule has 8 heteroatoms. The predicted octanol–water partition coefficient (Wildman–Crippen LogP) is 3.25. The number of nitrogens with one attached hydrogen (secondary N) is 1. The number of carboxylic acid groups (broad SMARTS) is 1. The van der Waals surface area contributed by atoms with E-state index in [2.05, 4.69) is 5.32 Å². The molecule has 1 aromatic heterocycles. The quantitative estimate of drug-likeness (QED) is 0.558. The summed E-state index contributed by atoms with van der Waals surface area (Å²) < 4.78 is 10.9. The number of benzene rings is 2. The molecule has 0 saturated carbocycles. The van der Waals surface area contributed by atoms with Crippen LogP contribution in [0.15, 0.2) is 51.7 Å². The Labute approximate surface area is 177 Å². The van der Waals surface area contributed by atoms with Gasteiger partial charge in [-0.15, -0.1) is 0 Å². The maximum atomic E-state index is 12.3. The van der Waals surface area contributed by atoms with Gasteiger partial charge in [0.05, 0.1) is 5.39 Å². The number of carbonyl (C=O) groups excluding carboxylic acids is 1. The summed E-state index contributed by atoms with van der Waals surface area (Å²) in [4.78, 5) is 35.5. The van der Waals surface area contributed by atoms with E-state index in [1.54, 1.807) is 50.2 Å². The maximum Gasteiger partial charge on any atom is 0.336 e. The minimum Gasteiger partial charge on any atom is -0.483 e. The zero-order valence-electron chi connectivity index (χ0n) is 16.4. The third-order valence-corrected chi connectivity index (χ3v) is 4.75. The number of hydrogen-bond donors (Lipinski definition) is 2. The van der Waals surface area contributed by atoms with Crippen LogP contribution in [0.5, 0.6) is 5.75 Å². The fraction of sp³-hybridized carbons (Fsp3) is 0.227. The van der Waals surface area contributed by atoms with Gasteiger partial charge in [0.2, 0.25) is 0 Å². The van der Waals surface area contributed by atoms with Gasteiger partial charge in [-0.25, -0.2) is 9.59 Å². The molecule has 0 unspecified atom stereocenters. The normalized spacial score (nSPS) is 11.8. The molecule has 0 spiro atoms. The molecule has 30 heavy (non-hydrogen) atoms. The summed E-state index contributed by atoms with van der Waals surface area (Å²) in [5.41, 5.74) is 2.06. The lowest BCUT2D eigenvalue weighted by atomic mass is 10.1. The number of amides is 1. The summed E-state index contributed by atoms with van der Waals surface area (Å²) in [6, 6.07) is 10.4. The Morgan fingerprint density at radius 1 is 1.17 bits per heavy atom. The molecule has 0 aliphatic heterocycles. The molecule has 0 radical (unpaired) electrons. The predicted molar refractivity (Wildman–Crippen MR) is 112 cm³/mol. The number of ether oxygens (including phenoxy) is 1. The van der Waals surface area contributed by atoms with E-state index >= 15 is 0 Å². The van der Waals surface area contributed by atoms with E-state index in [0.717, 1.165) is 11.1 Å². The second-order valence-electron chi connectivity index (χ2n) is 6.96. The molecule has 0 fully saturated rings. The highest BCUT2D eigenvalue weighted by atomic mass is 35.5. The van der Waals surface area contributed by atoms with Gasteiger partial charge < -0.3 is 19.6 Å². The minimum absolute atomic E-state index is 0.107. The smallest absolute Gasteiger partial charge is 0.336 e. The van der Waals surface area contributed by atoms with Gasteiger partial charge in [-0.1, -0.05) is 23.7 Å². The number of carbonyl (C=O) groups is 2. The van der Waals surface area contributed by atoms with E-state index < -0.39 is 23.5 Å². The summed E-state index contributed by atoms with van der Waals surface area (Å²) in [5.74, 6) is -1.36. The largest absolute Gasteiger partial charge is 0.483 e. The molecule has 2 aromatic carbocycles. The van der Waals surface area contributed by atoms with Crippen LogP contribution in [0.2, 0.25) is 5.02 Å². The highest BCUT2D eigenvalue weighted by Gasteiger charge is 2.21. The second-order valence-corrected chi connectivity index (χ2v) is 7.40. The molecule has 0 saturated heterocycles. The van der Waals surface area contributed by atoms with Crippen LogP contribution < -0.4 is 15.7 Å². The Balaban J connectivity index is 1.72. The number of hydrogen-bond acceptors (Lipinski definition) is 5. The first-order valence-electron chi connectivity index (χ1n) is 9.17.